The fourth-order valence-electron chi connectivity index (χ4n) is 2.74. The molecule has 1 amide bonds. The molecule has 2 rings (SSSR count). The minimum atomic E-state index is 0.167. The lowest BCUT2D eigenvalue weighted by Crippen LogP contribution is -2.38. The summed E-state index contributed by atoms with van der Waals surface area (Å²) in [5.74, 6) is 0.167. The molecule has 0 heterocycles. The molecule has 0 N–H and O–H groups in total. The number of benzene rings is 1. The van der Waals surface area contributed by atoms with Crippen LogP contribution in [0.1, 0.15) is 48.5 Å². The minimum absolute atomic E-state index is 0.167. The highest BCUT2D eigenvalue weighted by Crippen LogP contribution is 2.27. The van der Waals surface area contributed by atoms with Gasteiger partial charge in [-0.2, -0.15) is 0 Å². The number of hydrogen-bond donors (Lipinski definition) is 0. The van der Waals surface area contributed by atoms with Gasteiger partial charge in [-0.3, -0.25) is 4.79 Å². The van der Waals surface area contributed by atoms with Gasteiger partial charge in [-0.15, -0.1) is 0 Å². The van der Waals surface area contributed by atoms with E-state index in [1.807, 2.05) is 30.0 Å². The van der Waals surface area contributed by atoms with Crippen molar-refractivity contribution in [2.45, 2.75) is 45.6 Å². The van der Waals surface area contributed by atoms with Crippen molar-refractivity contribution in [3.05, 3.63) is 33.8 Å². The van der Waals surface area contributed by atoms with Crippen LogP contribution in [0.3, 0.4) is 0 Å². The van der Waals surface area contributed by atoms with Crippen molar-refractivity contribution in [3.63, 3.8) is 0 Å². The Hall–Kier alpha value is -0.830. The molecule has 2 nitrogen and oxygen atoms in total. The van der Waals surface area contributed by atoms with Crippen LogP contribution in [-0.2, 0) is 0 Å². The molecule has 1 aromatic rings. The smallest absolute Gasteiger partial charge is 0.255 e. The number of carbonyl (C=O) groups excluding carboxylic acids is 1. The fourth-order valence-corrected chi connectivity index (χ4v) is 3.16. The van der Waals surface area contributed by atoms with Gasteiger partial charge in [0.15, 0.2) is 0 Å². The van der Waals surface area contributed by atoms with Crippen LogP contribution in [0.15, 0.2) is 22.7 Å². The Morgan fingerprint density at radius 3 is 2.67 bits per heavy atom. The van der Waals surface area contributed by atoms with Gasteiger partial charge in [0.05, 0.1) is 5.56 Å². The SMILES string of the molecule is CCN(C(=O)c1cc(C)ccc1Br)C1CCCC1. The van der Waals surface area contributed by atoms with Crippen LogP contribution >= 0.6 is 15.9 Å². The highest BCUT2D eigenvalue weighted by atomic mass is 79.9. The van der Waals surface area contributed by atoms with Gasteiger partial charge in [0, 0.05) is 17.1 Å². The second kappa shape index (κ2) is 5.87. The minimum Gasteiger partial charge on any atom is -0.336 e. The molecular weight excluding hydrogens is 290 g/mol. The second-order valence-corrected chi connectivity index (χ2v) is 5.87. The first-order valence-corrected chi connectivity index (χ1v) is 7.50. The number of rotatable bonds is 3. The zero-order valence-corrected chi connectivity index (χ0v) is 12.7. The first kappa shape index (κ1) is 13.6. The number of nitrogens with zero attached hydrogens (tertiary/aromatic N) is 1. The highest BCUT2D eigenvalue weighted by molar-refractivity contribution is 9.10. The molecule has 1 aliphatic carbocycles. The molecule has 3 heteroatoms. The quantitative estimate of drug-likeness (QED) is 0.821. The lowest BCUT2D eigenvalue weighted by Gasteiger charge is -2.28. The maximum absolute atomic E-state index is 12.6. The zero-order valence-electron chi connectivity index (χ0n) is 11.1. The largest absolute Gasteiger partial charge is 0.336 e. The van der Waals surface area contributed by atoms with Gasteiger partial charge in [-0.05, 0) is 54.8 Å². The van der Waals surface area contributed by atoms with Crippen LogP contribution in [0.2, 0.25) is 0 Å². The van der Waals surface area contributed by atoms with E-state index in [0.29, 0.717) is 6.04 Å². The second-order valence-electron chi connectivity index (χ2n) is 5.01. The standard InChI is InChI=1S/C15H20BrNO/c1-3-17(12-6-4-5-7-12)15(18)13-10-11(2)8-9-14(13)16/h8-10,12H,3-7H2,1-2H3. The van der Waals surface area contributed by atoms with E-state index < -0.39 is 0 Å². The predicted molar refractivity (Wildman–Crippen MR) is 77.8 cm³/mol. The molecule has 0 spiro atoms. The van der Waals surface area contributed by atoms with E-state index in [0.717, 1.165) is 35.0 Å². The van der Waals surface area contributed by atoms with E-state index in [1.54, 1.807) is 0 Å². The maximum Gasteiger partial charge on any atom is 0.255 e. The summed E-state index contributed by atoms with van der Waals surface area (Å²) in [6.45, 7) is 4.89. The van der Waals surface area contributed by atoms with Gasteiger partial charge in [0.1, 0.15) is 0 Å². The van der Waals surface area contributed by atoms with E-state index in [9.17, 15) is 4.79 Å². The molecule has 0 atom stereocenters. The van der Waals surface area contributed by atoms with Crippen molar-refractivity contribution in [1.82, 2.24) is 4.90 Å². The molecule has 0 bridgehead atoms. The van der Waals surface area contributed by atoms with E-state index in [-0.39, 0.29) is 5.91 Å². The molecule has 98 valence electrons. The van der Waals surface area contributed by atoms with Crippen LogP contribution in [-0.4, -0.2) is 23.4 Å². The molecule has 0 unspecified atom stereocenters. The Morgan fingerprint density at radius 1 is 1.39 bits per heavy atom. The van der Waals surface area contributed by atoms with Crippen molar-refractivity contribution in [1.29, 1.82) is 0 Å². The summed E-state index contributed by atoms with van der Waals surface area (Å²) < 4.78 is 0.898. The number of amides is 1. The summed E-state index contributed by atoms with van der Waals surface area (Å²) >= 11 is 3.49. The summed E-state index contributed by atoms with van der Waals surface area (Å²) in [5.41, 5.74) is 1.92. The molecular formula is C15H20BrNO. The Labute approximate surface area is 117 Å². The summed E-state index contributed by atoms with van der Waals surface area (Å²) in [5, 5.41) is 0. The zero-order chi connectivity index (χ0) is 13.1. The summed E-state index contributed by atoms with van der Waals surface area (Å²) in [7, 11) is 0. The van der Waals surface area contributed by atoms with Gasteiger partial charge in [0.2, 0.25) is 0 Å². The number of hydrogen-bond acceptors (Lipinski definition) is 1. The highest BCUT2D eigenvalue weighted by Gasteiger charge is 2.27. The first-order valence-electron chi connectivity index (χ1n) is 6.70. The van der Waals surface area contributed by atoms with Crippen LogP contribution in [0.25, 0.3) is 0 Å². The Balaban J connectivity index is 2.25. The molecule has 1 aromatic carbocycles. The van der Waals surface area contributed by atoms with Crippen molar-refractivity contribution in [2.24, 2.45) is 0 Å². The molecule has 1 saturated carbocycles. The Kier molecular flexibility index (Phi) is 4.44. The van der Waals surface area contributed by atoms with Crippen LogP contribution in [0, 0.1) is 6.92 Å². The van der Waals surface area contributed by atoms with Crippen LogP contribution in [0.4, 0.5) is 0 Å². The average molecular weight is 310 g/mol. The van der Waals surface area contributed by atoms with Crippen LogP contribution < -0.4 is 0 Å². The fraction of sp³-hybridized carbons (Fsp3) is 0.533. The van der Waals surface area contributed by atoms with Gasteiger partial charge in [-0.1, -0.05) is 24.5 Å². The van der Waals surface area contributed by atoms with E-state index >= 15 is 0 Å². The van der Waals surface area contributed by atoms with Crippen LogP contribution in [0.5, 0.6) is 0 Å². The lowest BCUT2D eigenvalue weighted by molar-refractivity contribution is 0.0692. The summed E-state index contributed by atoms with van der Waals surface area (Å²) in [6.07, 6.45) is 4.82. The molecule has 1 fully saturated rings. The van der Waals surface area contributed by atoms with Gasteiger partial charge in [0.25, 0.3) is 5.91 Å². The average Bonchev–Trinajstić information content (AvgIpc) is 2.87. The lowest BCUT2D eigenvalue weighted by atomic mass is 10.1. The van der Waals surface area contributed by atoms with E-state index in [2.05, 4.69) is 22.9 Å². The van der Waals surface area contributed by atoms with Crippen molar-refractivity contribution in [2.75, 3.05) is 6.54 Å². The molecule has 1 aliphatic rings. The topological polar surface area (TPSA) is 20.3 Å². The van der Waals surface area contributed by atoms with Crippen molar-refractivity contribution >= 4 is 21.8 Å². The predicted octanol–water partition coefficient (Wildman–Crippen LogP) is 4.16. The van der Waals surface area contributed by atoms with Gasteiger partial charge in [-0.25, -0.2) is 0 Å². The normalized spacial score (nSPS) is 15.9. The third kappa shape index (κ3) is 2.77. The van der Waals surface area contributed by atoms with E-state index in [4.69, 9.17) is 0 Å². The third-order valence-corrected chi connectivity index (χ3v) is 4.41. The summed E-state index contributed by atoms with van der Waals surface area (Å²) in [4.78, 5) is 14.7. The monoisotopic (exact) mass is 309 g/mol. The molecule has 18 heavy (non-hydrogen) atoms. The number of aryl methyl sites for hydroxylation is 1. The Morgan fingerprint density at radius 2 is 2.06 bits per heavy atom. The first-order chi connectivity index (χ1) is 8.63. The summed E-state index contributed by atoms with van der Waals surface area (Å²) in [6, 6.07) is 6.40. The Bertz CT molecular complexity index is 438. The maximum atomic E-state index is 12.6. The molecule has 0 radical (unpaired) electrons. The molecule has 0 aromatic heterocycles. The van der Waals surface area contributed by atoms with Crippen molar-refractivity contribution < 1.29 is 4.79 Å². The number of halogens is 1. The molecule has 0 aliphatic heterocycles. The molecule has 0 saturated heterocycles. The van der Waals surface area contributed by atoms with E-state index in [1.165, 1.54) is 12.8 Å². The number of carbonyl (C=O) groups is 1. The van der Waals surface area contributed by atoms with Gasteiger partial charge < -0.3 is 4.90 Å². The third-order valence-electron chi connectivity index (χ3n) is 3.72. The van der Waals surface area contributed by atoms with Crippen molar-refractivity contribution in [3.8, 4) is 0 Å². The van der Waals surface area contributed by atoms with Gasteiger partial charge >= 0.3 is 0 Å².